The number of aryl methyl sites for hydroxylation is 2. The molecule has 2 aromatic carbocycles. The molecule has 1 heterocycles. The van der Waals surface area contributed by atoms with Gasteiger partial charge in [0.05, 0.1) is 5.52 Å². The van der Waals surface area contributed by atoms with Gasteiger partial charge in [-0.15, -0.1) is 0 Å². The molecular weight excluding hydrogens is 248 g/mol. The molecule has 0 aliphatic carbocycles. The Balaban J connectivity index is 1.98. The Bertz CT molecular complexity index is 781. The van der Waals surface area contributed by atoms with Gasteiger partial charge in [0, 0.05) is 17.1 Å². The molecule has 0 amide bonds. The summed E-state index contributed by atoms with van der Waals surface area (Å²) in [6.07, 6.45) is 0. The Hall–Kier alpha value is -2.55. The van der Waals surface area contributed by atoms with E-state index in [4.69, 9.17) is 10.5 Å². The van der Waals surface area contributed by atoms with Gasteiger partial charge in [0.15, 0.2) is 0 Å². The quantitative estimate of drug-likeness (QED) is 0.705. The molecule has 3 rings (SSSR count). The van der Waals surface area contributed by atoms with Gasteiger partial charge in [0.25, 0.3) is 0 Å². The lowest BCUT2D eigenvalue weighted by Crippen LogP contribution is -1.92. The maximum atomic E-state index is 5.89. The predicted octanol–water partition coefficient (Wildman–Crippen LogP) is 4.23. The molecule has 0 atom stereocenters. The van der Waals surface area contributed by atoms with Crippen LogP contribution in [-0.4, -0.2) is 4.98 Å². The Morgan fingerprint density at radius 2 is 1.80 bits per heavy atom. The zero-order chi connectivity index (χ0) is 14.1. The minimum Gasteiger partial charge on any atom is -0.439 e. The second-order valence-corrected chi connectivity index (χ2v) is 4.97. The van der Waals surface area contributed by atoms with Gasteiger partial charge >= 0.3 is 0 Å². The van der Waals surface area contributed by atoms with Gasteiger partial charge in [-0.05, 0) is 55.3 Å². The Labute approximate surface area is 118 Å². The highest BCUT2D eigenvalue weighted by atomic mass is 16.5. The number of anilines is 1. The van der Waals surface area contributed by atoms with Crippen LogP contribution < -0.4 is 10.5 Å². The van der Waals surface area contributed by atoms with Crippen molar-refractivity contribution in [3.8, 4) is 11.6 Å². The van der Waals surface area contributed by atoms with Crippen molar-refractivity contribution in [2.75, 3.05) is 5.73 Å². The zero-order valence-electron chi connectivity index (χ0n) is 11.6. The number of pyridine rings is 1. The molecule has 0 unspecified atom stereocenters. The molecular formula is C17H16N2O. The van der Waals surface area contributed by atoms with Gasteiger partial charge in [-0.1, -0.05) is 12.1 Å². The molecule has 0 saturated carbocycles. The van der Waals surface area contributed by atoms with Crippen molar-refractivity contribution in [1.29, 1.82) is 0 Å². The van der Waals surface area contributed by atoms with E-state index < -0.39 is 0 Å². The first kappa shape index (κ1) is 12.5. The molecule has 0 aliphatic rings. The third kappa shape index (κ3) is 2.43. The summed E-state index contributed by atoms with van der Waals surface area (Å²) in [7, 11) is 0. The van der Waals surface area contributed by atoms with E-state index in [2.05, 4.69) is 11.1 Å². The second-order valence-electron chi connectivity index (χ2n) is 4.97. The van der Waals surface area contributed by atoms with Crippen LogP contribution in [-0.2, 0) is 0 Å². The van der Waals surface area contributed by atoms with Crippen LogP contribution >= 0.6 is 0 Å². The number of nitrogen functional groups attached to an aromatic ring is 1. The van der Waals surface area contributed by atoms with Crippen LogP contribution in [0.15, 0.2) is 48.5 Å². The second kappa shape index (κ2) is 4.85. The van der Waals surface area contributed by atoms with Crippen LogP contribution in [0.4, 0.5) is 5.69 Å². The third-order valence-electron chi connectivity index (χ3n) is 3.25. The maximum Gasteiger partial charge on any atom is 0.219 e. The number of nitrogens with zero attached hydrogens (tertiary/aromatic N) is 1. The standard InChI is InChI=1S/C17H16N2O/c1-11-3-4-12(2)16(9-11)20-17-8-5-13-10-14(18)6-7-15(13)19-17/h3-10H,18H2,1-2H3. The summed E-state index contributed by atoms with van der Waals surface area (Å²) in [5.74, 6) is 1.43. The van der Waals surface area contributed by atoms with Gasteiger partial charge in [-0.2, -0.15) is 0 Å². The van der Waals surface area contributed by atoms with E-state index in [-0.39, 0.29) is 0 Å². The Morgan fingerprint density at radius 1 is 0.950 bits per heavy atom. The molecule has 2 N–H and O–H groups in total. The number of ether oxygens (including phenoxy) is 1. The average molecular weight is 264 g/mol. The predicted molar refractivity (Wildman–Crippen MR) is 82.1 cm³/mol. The molecule has 0 aliphatic heterocycles. The summed E-state index contributed by atoms with van der Waals surface area (Å²) >= 11 is 0. The van der Waals surface area contributed by atoms with Crippen molar-refractivity contribution in [1.82, 2.24) is 4.98 Å². The minimum atomic E-state index is 0.593. The molecule has 3 aromatic rings. The van der Waals surface area contributed by atoms with Gasteiger partial charge < -0.3 is 10.5 Å². The third-order valence-corrected chi connectivity index (χ3v) is 3.25. The van der Waals surface area contributed by atoms with Crippen molar-refractivity contribution in [2.24, 2.45) is 0 Å². The van der Waals surface area contributed by atoms with Crippen molar-refractivity contribution in [3.05, 3.63) is 59.7 Å². The molecule has 20 heavy (non-hydrogen) atoms. The van der Waals surface area contributed by atoms with Gasteiger partial charge in [0.2, 0.25) is 5.88 Å². The lowest BCUT2D eigenvalue weighted by Gasteiger charge is -2.09. The lowest BCUT2D eigenvalue weighted by atomic mass is 10.1. The van der Waals surface area contributed by atoms with Gasteiger partial charge in [-0.3, -0.25) is 0 Å². The molecule has 0 saturated heterocycles. The average Bonchev–Trinajstić information content (AvgIpc) is 2.43. The summed E-state index contributed by atoms with van der Waals surface area (Å²) in [5.41, 5.74) is 9.64. The highest BCUT2D eigenvalue weighted by Crippen LogP contribution is 2.26. The molecule has 0 radical (unpaired) electrons. The number of aromatic nitrogens is 1. The monoisotopic (exact) mass is 264 g/mol. The fourth-order valence-corrected chi connectivity index (χ4v) is 2.11. The van der Waals surface area contributed by atoms with E-state index in [0.717, 1.165) is 27.9 Å². The number of nitrogens with two attached hydrogens (primary N) is 1. The number of fused-ring (bicyclic) bond motifs is 1. The largest absolute Gasteiger partial charge is 0.439 e. The first-order valence-corrected chi connectivity index (χ1v) is 6.53. The SMILES string of the molecule is Cc1ccc(C)c(Oc2ccc3cc(N)ccc3n2)c1. The van der Waals surface area contributed by atoms with Gasteiger partial charge in [-0.25, -0.2) is 4.98 Å². The van der Waals surface area contributed by atoms with Crippen molar-refractivity contribution >= 4 is 16.6 Å². The van der Waals surface area contributed by atoms with E-state index in [9.17, 15) is 0 Å². The fraction of sp³-hybridized carbons (Fsp3) is 0.118. The van der Waals surface area contributed by atoms with Crippen LogP contribution in [0.5, 0.6) is 11.6 Å². The van der Waals surface area contributed by atoms with Crippen molar-refractivity contribution in [3.63, 3.8) is 0 Å². The Morgan fingerprint density at radius 3 is 2.65 bits per heavy atom. The van der Waals surface area contributed by atoms with Crippen molar-refractivity contribution < 1.29 is 4.74 Å². The summed E-state index contributed by atoms with van der Waals surface area (Å²) in [5, 5.41) is 1.01. The highest BCUT2D eigenvalue weighted by molar-refractivity contribution is 5.82. The summed E-state index contributed by atoms with van der Waals surface area (Å²) in [6.45, 7) is 4.07. The van der Waals surface area contributed by atoms with E-state index in [1.54, 1.807) is 0 Å². The molecule has 1 aromatic heterocycles. The highest BCUT2D eigenvalue weighted by Gasteiger charge is 2.04. The summed E-state index contributed by atoms with van der Waals surface area (Å²) in [4.78, 5) is 4.50. The summed E-state index contributed by atoms with van der Waals surface area (Å²) in [6, 6.07) is 15.6. The van der Waals surface area contributed by atoms with E-state index in [1.165, 1.54) is 5.56 Å². The van der Waals surface area contributed by atoms with E-state index in [0.29, 0.717) is 5.88 Å². The van der Waals surface area contributed by atoms with Crippen molar-refractivity contribution in [2.45, 2.75) is 13.8 Å². The lowest BCUT2D eigenvalue weighted by molar-refractivity contribution is 0.461. The molecule has 100 valence electrons. The first-order valence-electron chi connectivity index (χ1n) is 6.53. The van der Waals surface area contributed by atoms with Crippen LogP contribution in [0.2, 0.25) is 0 Å². The summed E-state index contributed by atoms with van der Waals surface area (Å²) < 4.78 is 5.89. The number of rotatable bonds is 2. The molecule has 3 heteroatoms. The van der Waals surface area contributed by atoms with Crippen LogP contribution in [0.3, 0.4) is 0 Å². The van der Waals surface area contributed by atoms with Crippen LogP contribution in [0, 0.1) is 13.8 Å². The fourth-order valence-electron chi connectivity index (χ4n) is 2.11. The van der Waals surface area contributed by atoms with E-state index in [1.807, 2.05) is 56.3 Å². The Kier molecular flexibility index (Phi) is 3.03. The zero-order valence-corrected chi connectivity index (χ0v) is 11.6. The number of hydrogen-bond donors (Lipinski definition) is 1. The smallest absolute Gasteiger partial charge is 0.219 e. The van der Waals surface area contributed by atoms with E-state index >= 15 is 0 Å². The molecule has 0 spiro atoms. The first-order chi connectivity index (χ1) is 9.61. The molecule has 0 fully saturated rings. The molecule has 3 nitrogen and oxygen atoms in total. The number of benzene rings is 2. The topological polar surface area (TPSA) is 48.1 Å². The number of hydrogen-bond acceptors (Lipinski definition) is 3. The van der Waals surface area contributed by atoms with Gasteiger partial charge in [0.1, 0.15) is 5.75 Å². The normalized spacial score (nSPS) is 10.7. The van der Waals surface area contributed by atoms with Crippen LogP contribution in [0.25, 0.3) is 10.9 Å². The molecule has 0 bridgehead atoms. The maximum absolute atomic E-state index is 5.89. The minimum absolute atomic E-state index is 0.593. The van der Waals surface area contributed by atoms with Crippen LogP contribution in [0.1, 0.15) is 11.1 Å².